The van der Waals surface area contributed by atoms with Crippen LogP contribution in [0.1, 0.15) is 53.0 Å². The SMILES string of the molecule is CO[C@@H]1[C@H](OP(OCCC#N)N(C(C)C)C(C)C)[C@@H](CCP(=O)(OC)OC)C[C@H]1n1ccc(=O)[nH]c1=O. The normalized spacial score (nSPS) is 23.2. The van der Waals surface area contributed by atoms with Gasteiger partial charge in [0.2, 0.25) is 0 Å². The molecule has 5 atom stereocenters. The number of hydrogen-bond acceptors (Lipinski definition) is 10. The molecule has 1 N–H and O–H groups in total. The van der Waals surface area contributed by atoms with Crippen LogP contribution in [0.2, 0.25) is 0 Å². The lowest BCUT2D eigenvalue weighted by Gasteiger charge is -2.38. The molecule has 1 aliphatic rings. The largest absolute Gasteiger partial charge is 0.377 e. The molecule has 1 aromatic rings. The zero-order valence-electron chi connectivity index (χ0n) is 22.7. The number of ether oxygens (including phenoxy) is 1. The number of H-pyrrole nitrogens is 1. The first-order valence-corrected chi connectivity index (χ1v) is 15.2. The van der Waals surface area contributed by atoms with Crippen molar-refractivity contribution < 1.29 is 27.4 Å². The maximum absolute atomic E-state index is 12.8. The van der Waals surface area contributed by atoms with Gasteiger partial charge in [-0.2, -0.15) is 5.26 Å². The molecule has 37 heavy (non-hydrogen) atoms. The van der Waals surface area contributed by atoms with Gasteiger partial charge in [-0.05, 0) is 46.5 Å². The molecule has 0 amide bonds. The Labute approximate surface area is 219 Å². The van der Waals surface area contributed by atoms with Gasteiger partial charge >= 0.3 is 13.3 Å². The Balaban J connectivity index is 2.47. The summed E-state index contributed by atoms with van der Waals surface area (Å²) >= 11 is 0. The number of aromatic nitrogens is 2. The summed E-state index contributed by atoms with van der Waals surface area (Å²) in [5.41, 5.74) is -1.03. The van der Waals surface area contributed by atoms with Crippen molar-refractivity contribution >= 4 is 16.1 Å². The van der Waals surface area contributed by atoms with E-state index >= 15 is 0 Å². The summed E-state index contributed by atoms with van der Waals surface area (Å²) in [6, 6.07) is 3.12. The molecule has 1 aromatic heterocycles. The molecule has 14 heteroatoms. The van der Waals surface area contributed by atoms with Gasteiger partial charge in [0.05, 0.1) is 37.4 Å². The van der Waals surface area contributed by atoms with Crippen molar-refractivity contribution in [3.8, 4) is 6.07 Å². The number of nitrogens with one attached hydrogen (secondary N) is 1. The number of aromatic amines is 1. The second-order valence-electron chi connectivity index (χ2n) is 9.39. The summed E-state index contributed by atoms with van der Waals surface area (Å²) in [5, 5.41) is 9.04. The van der Waals surface area contributed by atoms with E-state index < -0.39 is 45.6 Å². The zero-order chi connectivity index (χ0) is 27.8. The van der Waals surface area contributed by atoms with Crippen LogP contribution >= 0.6 is 16.1 Å². The standard InChI is InChI=1S/C23H40N4O8P2/c1-16(2)27(17(3)4)36(34-13-8-11-24)35-21-18(10-14-37(30,32-6)33-7)15-19(22(21)31-5)26-12-9-20(28)25-23(26)29/h9,12,16-19,21-22H,8,10,13-15H2,1-7H3,(H,25,28,29)/t18-,19+,21+,22-,36?/m0/s1. The fourth-order valence-corrected chi connectivity index (χ4v) is 7.69. The molecule has 1 unspecified atom stereocenters. The summed E-state index contributed by atoms with van der Waals surface area (Å²) in [4.78, 5) is 26.6. The van der Waals surface area contributed by atoms with Gasteiger partial charge in [0.25, 0.3) is 14.1 Å². The zero-order valence-corrected chi connectivity index (χ0v) is 24.4. The third kappa shape index (κ3) is 8.29. The van der Waals surface area contributed by atoms with Crippen LogP contribution in [0.15, 0.2) is 21.9 Å². The fourth-order valence-electron chi connectivity index (χ4n) is 4.72. The van der Waals surface area contributed by atoms with Crippen LogP contribution in [0.4, 0.5) is 0 Å². The lowest BCUT2D eigenvalue weighted by atomic mass is 10.0. The first-order valence-electron chi connectivity index (χ1n) is 12.3. The molecule has 0 bridgehead atoms. The summed E-state index contributed by atoms with van der Waals surface area (Å²) in [5.74, 6) is -0.196. The first-order chi connectivity index (χ1) is 17.5. The molecule has 2 rings (SSSR count). The lowest BCUT2D eigenvalue weighted by Crippen LogP contribution is -2.40. The van der Waals surface area contributed by atoms with Gasteiger partial charge in [0, 0.05) is 45.7 Å². The summed E-state index contributed by atoms with van der Waals surface area (Å²) in [6.07, 6.45) is 1.60. The van der Waals surface area contributed by atoms with Crippen molar-refractivity contribution in [3.63, 3.8) is 0 Å². The summed E-state index contributed by atoms with van der Waals surface area (Å²) in [6.45, 7) is 8.38. The highest BCUT2D eigenvalue weighted by molar-refractivity contribution is 7.53. The van der Waals surface area contributed by atoms with E-state index in [4.69, 9.17) is 28.1 Å². The average Bonchev–Trinajstić information content (AvgIpc) is 3.18. The quantitative estimate of drug-likeness (QED) is 0.248. The Morgan fingerprint density at radius 2 is 1.84 bits per heavy atom. The number of nitrogens with zero attached hydrogens (tertiary/aromatic N) is 3. The lowest BCUT2D eigenvalue weighted by molar-refractivity contribution is -0.0184. The Bertz CT molecular complexity index is 1040. The monoisotopic (exact) mass is 562 g/mol. The Morgan fingerprint density at radius 1 is 1.19 bits per heavy atom. The van der Waals surface area contributed by atoms with E-state index in [1.54, 1.807) is 7.11 Å². The third-order valence-corrected chi connectivity index (χ3v) is 10.4. The van der Waals surface area contributed by atoms with Crippen molar-refractivity contribution in [3.05, 3.63) is 33.1 Å². The minimum absolute atomic E-state index is 0.0915. The first kappa shape index (κ1) is 31.8. The van der Waals surface area contributed by atoms with Gasteiger partial charge in [0.15, 0.2) is 0 Å². The minimum atomic E-state index is -3.29. The van der Waals surface area contributed by atoms with E-state index in [1.807, 2.05) is 27.7 Å². The van der Waals surface area contributed by atoms with E-state index in [0.29, 0.717) is 12.8 Å². The van der Waals surface area contributed by atoms with E-state index in [0.717, 1.165) is 0 Å². The van der Waals surface area contributed by atoms with E-state index in [2.05, 4.69) is 15.7 Å². The van der Waals surface area contributed by atoms with Gasteiger partial charge in [-0.15, -0.1) is 0 Å². The van der Waals surface area contributed by atoms with Crippen LogP contribution in [-0.4, -0.2) is 72.6 Å². The molecule has 1 heterocycles. The molecular weight excluding hydrogens is 522 g/mol. The number of nitriles is 1. The van der Waals surface area contributed by atoms with Gasteiger partial charge in [-0.1, -0.05) is 0 Å². The van der Waals surface area contributed by atoms with E-state index in [-0.39, 0.29) is 37.2 Å². The maximum Gasteiger partial charge on any atom is 0.330 e. The number of methoxy groups -OCH3 is 1. The molecule has 1 fully saturated rings. The van der Waals surface area contributed by atoms with Crippen molar-refractivity contribution in [2.45, 2.75) is 77.3 Å². The molecule has 0 aliphatic heterocycles. The van der Waals surface area contributed by atoms with Gasteiger partial charge < -0.3 is 22.8 Å². The van der Waals surface area contributed by atoms with Gasteiger partial charge in [-0.25, -0.2) is 9.46 Å². The molecule has 210 valence electrons. The van der Waals surface area contributed by atoms with Crippen LogP contribution in [0, 0.1) is 17.2 Å². The molecule has 12 nitrogen and oxygen atoms in total. The van der Waals surface area contributed by atoms with Crippen LogP contribution < -0.4 is 11.2 Å². The van der Waals surface area contributed by atoms with Gasteiger partial charge in [0.1, 0.15) is 6.10 Å². The Hall–Kier alpha value is -1.41. The van der Waals surface area contributed by atoms with E-state index in [1.165, 1.54) is 31.0 Å². The predicted molar refractivity (Wildman–Crippen MR) is 140 cm³/mol. The highest BCUT2D eigenvalue weighted by atomic mass is 31.2. The Kier molecular flexibility index (Phi) is 12.6. The second kappa shape index (κ2) is 14.7. The van der Waals surface area contributed by atoms with E-state index in [9.17, 15) is 14.2 Å². The van der Waals surface area contributed by atoms with Crippen molar-refractivity contribution in [2.75, 3.05) is 34.1 Å². The number of hydrogen-bond donors (Lipinski definition) is 1. The molecule has 1 saturated carbocycles. The molecule has 0 saturated heterocycles. The molecule has 0 aromatic carbocycles. The van der Waals surface area contributed by atoms with Gasteiger partial charge in [-0.3, -0.25) is 18.9 Å². The molecule has 0 spiro atoms. The Morgan fingerprint density at radius 3 is 2.35 bits per heavy atom. The van der Waals surface area contributed by atoms with Crippen LogP contribution in [0.5, 0.6) is 0 Å². The highest BCUT2D eigenvalue weighted by Gasteiger charge is 2.48. The average molecular weight is 563 g/mol. The number of rotatable bonds is 15. The van der Waals surface area contributed by atoms with Crippen LogP contribution in [-0.2, 0) is 27.4 Å². The molecule has 0 radical (unpaired) electrons. The topological polar surface area (TPSA) is 145 Å². The minimum Gasteiger partial charge on any atom is -0.377 e. The maximum atomic E-state index is 12.8. The van der Waals surface area contributed by atoms with Crippen LogP contribution in [0.3, 0.4) is 0 Å². The third-order valence-electron chi connectivity index (χ3n) is 6.40. The second-order valence-corrected chi connectivity index (χ2v) is 13.2. The molecule has 1 aliphatic carbocycles. The summed E-state index contributed by atoms with van der Waals surface area (Å²) in [7, 11) is -0.655. The highest BCUT2D eigenvalue weighted by Crippen LogP contribution is 2.54. The van der Waals surface area contributed by atoms with Crippen molar-refractivity contribution in [1.29, 1.82) is 5.26 Å². The van der Waals surface area contributed by atoms with Crippen molar-refractivity contribution in [2.24, 2.45) is 5.92 Å². The van der Waals surface area contributed by atoms with Crippen LogP contribution in [0.25, 0.3) is 0 Å². The predicted octanol–water partition coefficient (Wildman–Crippen LogP) is 3.65. The van der Waals surface area contributed by atoms with Crippen molar-refractivity contribution in [1.82, 2.24) is 14.2 Å². The summed E-state index contributed by atoms with van der Waals surface area (Å²) < 4.78 is 45.3. The smallest absolute Gasteiger partial charge is 0.330 e. The molecular formula is C23H40N4O8P2. The fraction of sp³-hybridized carbons (Fsp3) is 0.783.